The Hall–Kier alpha value is -1.97. The molecule has 0 aliphatic heterocycles. The minimum absolute atomic E-state index is 0.248. The predicted molar refractivity (Wildman–Crippen MR) is 97.7 cm³/mol. The van der Waals surface area contributed by atoms with E-state index in [0.29, 0.717) is 18.1 Å². The molecule has 132 valence electrons. The smallest absolute Gasteiger partial charge is 0.160 e. The van der Waals surface area contributed by atoms with E-state index >= 15 is 0 Å². The monoisotopic (exact) mass is 331 g/mol. The number of hydrogen-bond donors (Lipinski definition) is 1. The van der Waals surface area contributed by atoms with Gasteiger partial charge in [-0.3, -0.25) is 4.79 Å². The Bertz CT molecular complexity index is 619. The van der Waals surface area contributed by atoms with E-state index < -0.39 is 0 Å². The summed E-state index contributed by atoms with van der Waals surface area (Å²) >= 11 is 0. The zero-order valence-electron chi connectivity index (χ0n) is 15.4. The van der Waals surface area contributed by atoms with Crippen LogP contribution in [0.5, 0.6) is 11.5 Å². The summed E-state index contributed by atoms with van der Waals surface area (Å²) in [4.78, 5) is 12.3. The standard InChI is InChI=1S/C20H29NO3/c1-6-20(2,3)15-7-10-18(22)14(11-15)13-21-17-9-8-16(23-4)12-19(17)24-5/h8-9,12-13,15,21H,6-7,10-11H2,1-5H3/b14-13+/t15-/m0/s1. The first-order valence-electron chi connectivity index (χ1n) is 8.62. The van der Waals surface area contributed by atoms with E-state index in [1.165, 1.54) is 0 Å². The Kier molecular flexibility index (Phi) is 5.92. The lowest BCUT2D eigenvalue weighted by Crippen LogP contribution is -2.29. The van der Waals surface area contributed by atoms with Crippen molar-refractivity contribution in [2.45, 2.75) is 46.5 Å². The van der Waals surface area contributed by atoms with Crippen LogP contribution < -0.4 is 14.8 Å². The van der Waals surface area contributed by atoms with Crippen molar-refractivity contribution in [3.05, 3.63) is 30.0 Å². The molecule has 1 aliphatic rings. The summed E-state index contributed by atoms with van der Waals surface area (Å²) < 4.78 is 10.6. The van der Waals surface area contributed by atoms with Gasteiger partial charge in [0.05, 0.1) is 19.9 Å². The van der Waals surface area contributed by atoms with Gasteiger partial charge < -0.3 is 14.8 Å². The van der Waals surface area contributed by atoms with Gasteiger partial charge in [0.15, 0.2) is 5.78 Å². The summed E-state index contributed by atoms with van der Waals surface area (Å²) in [6.07, 6.45) is 5.44. The molecule has 0 aromatic heterocycles. The number of Topliss-reactive ketones (excluding diaryl/α,β-unsaturated/α-hetero) is 1. The van der Waals surface area contributed by atoms with Crippen LogP contribution >= 0.6 is 0 Å². The quantitative estimate of drug-likeness (QED) is 0.760. The SMILES string of the molecule is CCC(C)(C)[C@H]1CCC(=O)/C(=C/Nc2ccc(OC)cc2OC)C1. The van der Waals surface area contributed by atoms with Crippen LogP contribution in [0.3, 0.4) is 0 Å². The molecule has 24 heavy (non-hydrogen) atoms. The summed E-state index contributed by atoms with van der Waals surface area (Å²) in [5.74, 6) is 2.23. The van der Waals surface area contributed by atoms with Gasteiger partial charge in [-0.15, -0.1) is 0 Å². The van der Waals surface area contributed by atoms with Gasteiger partial charge in [0.1, 0.15) is 11.5 Å². The van der Waals surface area contributed by atoms with Gasteiger partial charge >= 0.3 is 0 Å². The summed E-state index contributed by atoms with van der Waals surface area (Å²) in [6.45, 7) is 6.82. The van der Waals surface area contributed by atoms with Crippen LogP contribution in [0, 0.1) is 11.3 Å². The first-order valence-corrected chi connectivity index (χ1v) is 8.62. The molecule has 0 unspecified atom stereocenters. The van der Waals surface area contributed by atoms with Crippen molar-refractivity contribution in [1.82, 2.24) is 0 Å². The van der Waals surface area contributed by atoms with E-state index in [2.05, 4.69) is 26.1 Å². The fourth-order valence-corrected chi connectivity index (χ4v) is 3.12. The number of nitrogens with one attached hydrogen (secondary N) is 1. The molecule has 0 amide bonds. The molecule has 0 radical (unpaired) electrons. The Morgan fingerprint density at radius 3 is 2.67 bits per heavy atom. The average Bonchev–Trinajstić information content (AvgIpc) is 2.60. The molecule has 1 fully saturated rings. The van der Waals surface area contributed by atoms with Crippen LogP contribution in [-0.2, 0) is 4.79 Å². The summed E-state index contributed by atoms with van der Waals surface area (Å²) in [5, 5.41) is 3.24. The number of carbonyl (C=O) groups excluding carboxylic acids is 1. The summed E-state index contributed by atoms with van der Waals surface area (Å²) in [5.41, 5.74) is 1.97. The first kappa shape index (κ1) is 18.4. The minimum Gasteiger partial charge on any atom is -0.497 e. The fourth-order valence-electron chi connectivity index (χ4n) is 3.12. The maximum absolute atomic E-state index is 12.3. The van der Waals surface area contributed by atoms with Gasteiger partial charge in [-0.1, -0.05) is 27.2 Å². The second kappa shape index (κ2) is 7.73. The number of ketones is 1. The second-order valence-electron chi connectivity index (χ2n) is 7.09. The van der Waals surface area contributed by atoms with Gasteiger partial charge in [0.2, 0.25) is 0 Å². The lowest BCUT2D eigenvalue weighted by atomic mass is 9.68. The van der Waals surface area contributed by atoms with Crippen molar-refractivity contribution in [2.75, 3.05) is 19.5 Å². The molecule has 2 rings (SSSR count). The lowest BCUT2D eigenvalue weighted by molar-refractivity contribution is -0.117. The Labute approximate surface area is 145 Å². The highest BCUT2D eigenvalue weighted by Gasteiger charge is 2.33. The van der Waals surface area contributed by atoms with E-state index in [4.69, 9.17) is 9.47 Å². The fraction of sp³-hybridized carbons (Fsp3) is 0.550. The molecule has 1 aliphatic carbocycles. The molecule has 0 bridgehead atoms. The zero-order valence-corrected chi connectivity index (χ0v) is 15.4. The van der Waals surface area contributed by atoms with Crippen molar-refractivity contribution >= 4 is 11.5 Å². The van der Waals surface area contributed by atoms with Gasteiger partial charge in [-0.25, -0.2) is 0 Å². The van der Waals surface area contributed by atoms with Gasteiger partial charge in [-0.05, 0) is 36.3 Å². The van der Waals surface area contributed by atoms with Gasteiger partial charge in [0, 0.05) is 24.3 Å². The third-order valence-electron chi connectivity index (χ3n) is 5.37. The maximum Gasteiger partial charge on any atom is 0.160 e. The Morgan fingerprint density at radius 2 is 2.04 bits per heavy atom. The molecule has 0 heterocycles. The van der Waals surface area contributed by atoms with E-state index in [1.54, 1.807) is 14.2 Å². The topological polar surface area (TPSA) is 47.6 Å². The first-order chi connectivity index (χ1) is 11.4. The lowest BCUT2D eigenvalue weighted by Gasteiger charge is -2.36. The molecule has 1 N–H and O–H groups in total. The third-order valence-corrected chi connectivity index (χ3v) is 5.37. The summed E-state index contributed by atoms with van der Waals surface area (Å²) in [6, 6.07) is 5.59. The zero-order chi connectivity index (χ0) is 17.7. The molecule has 0 saturated heterocycles. The van der Waals surface area contributed by atoms with Crippen molar-refractivity contribution < 1.29 is 14.3 Å². The van der Waals surface area contributed by atoms with Crippen LogP contribution in [0.1, 0.15) is 46.5 Å². The second-order valence-corrected chi connectivity index (χ2v) is 7.09. The van der Waals surface area contributed by atoms with Crippen molar-refractivity contribution in [3.63, 3.8) is 0 Å². The van der Waals surface area contributed by atoms with Crippen LogP contribution in [0.15, 0.2) is 30.0 Å². The van der Waals surface area contributed by atoms with Crippen LogP contribution in [0.25, 0.3) is 0 Å². The van der Waals surface area contributed by atoms with E-state index in [-0.39, 0.29) is 11.2 Å². The number of ether oxygens (including phenoxy) is 2. The molecule has 1 saturated carbocycles. The number of methoxy groups -OCH3 is 2. The van der Waals surface area contributed by atoms with Crippen molar-refractivity contribution in [3.8, 4) is 11.5 Å². The largest absolute Gasteiger partial charge is 0.497 e. The van der Waals surface area contributed by atoms with Crippen LogP contribution in [0.2, 0.25) is 0 Å². The number of anilines is 1. The van der Waals surface area contributed by atoms with E-state index in [9.17, 15) is 4.79 Å². The normalized spacial score (nSPS) is 20.1. The number of hydrogen-bond acceptors (Lipinski definition) is 4. The number of benzene rings is 1. The third kappa shape index (κ3) is 4.11. The van der Waals surface area contributed by atoms with Crippen molar-refractivity contribution in [2.24, 2.45) is 11.3 Å². The number of allylic oxidation sites excluding steroid dienone is 1. The molecule has 1 aromatic rings. The minimum atomic E-state index is 0.248. The highest BCUT2D eigenvalue weighted by atomic mass is 16.5. The number of carbonyl (C=O) groups is 1. The van der Waals surface area contributed by atoms with Crippen LogP contribution in [0.4, 0.5) is 5.69 Å². The highest BCUT2D eigenvalue weighted by molar-refractivity contribution is 5.96. The Balaban J connectivity index is 2.16. The molecular weight excluding hydrogens is 302 g/mol. The Morgan fingerprint density at radius 1 is 1.29 bits per heavy atom. The maximum atomic E-state index is 12.3. The molecule has 4 nitrogen and oxygen atoms in total. The summed E-state index contributed by atoms with van der Waals surface area (Å²) in [7, 11) is 3.25. The molecular formula is C20H29NO3. The average molecular weight is 331 g/mol. The molecule has 1 atom stereocenters. The number of rotatable bonds is 6. The van der Waals surface area contributed by atoms with E-state index in [1.807, 2.05) is 24.4 Å². The molecule has 0 spiro atoms. The predicted octanol–water partition coefficient (Wildman–Crippen LogP) is 4.81. The van der Waals surface area contributed by atoms with Gasteiger partial charge in [0.25, 0.3) is 0 Å². The van der Waals surface area contributed by atoms with Crippen LogP contribution in [-0.4, -0.2) is 20.0 Å². The van der Waals surface area contributed by atoms with Crippen molar-refractivity contribution in [1.29, 1.82) is 0 Å². The highest BCUT2D eigenvalue weighted by Crippen LogP contribution is 2.41. The molecule has 1 aromatic carbocycles. The molecule has 4 heteroatoms. The van der Waals surface area contributed by atoms with E-state index in [0.717, 1.165) is 36.3 Å². The van der Waals surface area contributed by atoms with Gasteiger partial charge in [-0.2, -0.15) is 0 Å².